The Morgan fingerprint density at radius 3 is 2.71 bits per heavy atom. The van der Waals surface area contributed by atoms with Crippen LogP contribution in [0.2, 0.25) is 5.02 Å². The number of rotatable bonds is 7. The van der Waals surface area contributed by atoms with Crippen LogP contribution in [0.3, 0.4) is 0 Å². The maximum atomic E-state index is 11.8. The third-order valence-corrected chi connectivity index (χ3v) is 3.86. The van der Waals surface area contributed by atoms with Crippen molar-refractivity contribution in [1.82, 2.24) is 5.43 Å². The van der Waals surface area contributed by atoms with Crippen LogP contribution in [0.15, 0.2) is 52.0 Å². The zero-order chi connectivity index (χ0) is 17.4. The van der Waals surface area contributed by atoms with Crippen LogP contribution in [0, 0.1) is 0 Å². The number of amides is 1. The molecule has 7 heteroatoms. The molecule has 0 aliphatic rings. The fourth-order valence-electron chi connectivity index (χ4n) is 1.84. The van der Waals surface area contributed by atoms with Gasteiger partial charge in [0.1, 0.15) is 5.75 Å². The molecule has 0 bridgehead atoms. The summed E-state index contributed by atoms with van der Waals surface area (Å²) in [5, 5.41) is 7.55. The second kappa shape index (κ2) is 9.30. The van der Waals surface area contributed by atoms with Crippen LogP contribution >= 0.6 is 27.5 Å². The number of anilines is 1. The van der Waals surface area contributed by atoms with Crippen LogP contribution in [-0.2, 0) is 4.79 Å². The summed E-state index contributed by atoms with van der Waals surface area (Å²) in [6, 6.07) is 12.7. The number of nitrogens with zero attached hydrogens (tertiary/aromatic N) is 1. The van der Waals surface area contributed by atoms with E-state index in [4.69, 9.17) is 16.3 Å². The molecule has 126 valence electrons. The molecule has 2 N–H and O–H groups in total. The summed E-state index contributed by atoms with van der Waals surface area (Å²) in [4.78, 5) is 11.8. The van der Waals surface area contributed by atoms with Gasteiger partial charge in [-0.05, 0) is 70.9 Å². The fraction of sp³-hybridized carbons (Fsp3) is 0.176. The smallest absolute Gasteiger partial charge is 0.259 e. The lowest BCUT2D eigenvalue weighted by Gasteiger charge is -2.07. The molecule has 2 rings (SSSR count). The molecule has 2 aromatic carbocycles. The van der Waals surface area contributed by atoms with E-state index in [1.165, 1.54) is 0 Å². The minimum atomic E-state index is -0.251. The van der Waals surface area contributed by atoms with Gasteiger partial charge in [-0.3, -0.25) is 4.79 Å². The van der Waals surface area contributed by atoms with E-state index in [1.807, 2.05) is 31.2 Å². The van der Waals surface area contributed by atoms with Crippen molar-refractivity contribution in [2.75, 3.05) is 18.5 Å². The van der Waals surface area contributed by atoms with Gasteiger partial charge in [0.2, 0.25) is 0 Å². The highest BCUT2D eigenvalue weighted by atomic mass is 79.9. The first-order valence-electron chi connectivity index (χ1n) is 7.32. The zero-order valence-corrected chi connectivity index (χ0v) is 15.4. The second-order valence-corrected chi connectivity index (χ2v) is 6.06. The molecule has 0 aliphatic heterocycles. The molecule has 1 amide bonds. The lowest BCUT2D eigenvalue weighted by molar-refractivity contribution is -0.119. The highest BCUT2D eigenvalue weighted by Gasteiger charge is 2.03. The van der Waals surface area contributed by atoms with Crippen LogP contribution in [0.5, 0.6) is 5.75 Å². The maximum absolute atomic E-state index is 11.8. The van der Waals surface area contributed by atoms with E-state index in [9.17, 15) is 4.79 Å². The molecule has 24 heavy (non-hydrogen) atoms. The molecule has 0 radical (unpaired) electrons. The molecule has 0 saturated heterocycles. The lowest BCUT2D eigenvalue weighted by atomic mass is 10.2. The summed E-state index contributed by atoms with van der Waals surface area (Å²) in [5.41, 5.74) is 4.12. The van der Waals surface area contributed by atoms with E-state index in [-0.39, 0.29) is 12.5 Å². The molecular formula is C17H17BrClN3O2. The summed E-state index contributed by atoms with van der Waals surface area (Å²) in [6.07, 6.45) is 1.58. The van der Waals surface area contributed by atoms with Gasteiger partial charge in [0.25, 0.3) is 5.91 Å². The Hall–Kier alpha value is -2.05. The molecule has 0 saturated carbocycles. The highest BCUT2D eigenvalue weighted by Crippen LogP contribution is 2.25. The number of carbonyl (C=O) groups is 1. The summed E-state index contributed by atoms with van der Waals surface area (Å²) in [7, 11) is 0. The molecule has 5 nitrogen and oxygen atoms in total. The Morgan fingerprint density at radius 1 is 1.29 bits per heavy atom. The van der Waals surface area contributed by atoms with E-state index >= 15 is 0 Å². The predicted octanol–water partition coefficient (Wildman–Crippen LogP) is 4.06. The van der Waals surface area contributed by atoms with Crippen LogP contribution in [0.1, 0.15) is 12.5 Å². The summed E-state index contributed by atoms with van der Waals surface area (Å²) in [6.45, 7) is 2.66. The average molecular weight is 411 g/mol. The fourth-order valence-corrected chi connectivity index (χ4v) is 2.67. The number of hydrogen-bond donors (Lipinski definition) is 2. The van der Waals surface area contributed by atoms with E-state index in [1.54, 1.807) is 24.4 Å². The highest BCUT2D eigenvalue weighted by molar-refractivity contribution is 9.10. The van der Waals surface area contributed by atoms with Crippen LogP contribution < -0.4 is 15.5 Å². The minimum Gasteiger partial charge on any atom is -0.494 e. The Kier molecular flexibility index (Phi) is 7.08. The first kappa shape index (κ1) is 18.3. The van der Waals surface area contributed by atoms with Crippen molar-refractivity contribution < 1.29 is 9.53 Å². The van der Waals surface area contributed by atoms with Crippen molar-refractivity contribution in [2.24, 2.45) is 5.10 Å². The standard InChI is InChI=1S/C17H17BrClN3O2/c1-2-24-14-6-3-12(4-7-14)10-21-22-17(23)11-20-16-8-5-13(19)9-15(16)18/h3-10,20H,2,11H2,1H3,(H,22,23)/b21-10+. The van der Waals surface area contributed by atoms with Crippen molar-refractivity contribution >= 4 is 45.3 Å². The number of carbonyl (C=O) groups excluding carboxylic acids is 1. The Balaban J connectivity index is 1.80. The van der Waals surface area contributed by atoms with Gasteiger partial charge in [-0.25, -0.2) is 5.43 Å². The van der Waals surface area contributed by atoms with Gasteiger partial charge in [0.05, 0.1) is 19.4 Å². The van der Waals surface area contributed by atoms with E-state index in [0.29, 0.717) is 11.6 Å². The van der Waals surface area contributed by atoms with Gasteiger partial charge < -0.3 is 10.1 Å². The number of hydrogen-bond acceptors (Lipinski definition) is 4. The minimum absolute atomic E-state index is 0.0981. The van der Waals surface area contributed by atoms with Crippen LogP contribution in [0.4, 0.5) is 5.69 Å². The van der Waals surface area contributed by atoms with Gasteiger partial charge in [-0.15, -0.1) is 0 Å². The monoisotopic (exact) mass is 409 g/mol. The topological polar surface area (TPSA) is 62.7 Å². The van der Waals surface area contributed by atoms with Gasteiger partial charge in [0, 0.05) is 15.2 Å². The number of benzene rings is 2. The van der Waals surface area contributed by atoms with E-state index in [2.05, 4.69) is 31.8 Å². The van der Waals surface area contributed by atoms with Gasteiger partial charge in [0.15, 0.2) is 0 Å². The first-order valence-corrected chi connectivity index (χ1v) is 8.49. The molecule has 0 heterocycles. The molecular weight excluding hydrogens is 394 g/mol. The van der Waals surface area contributed by atoms with Crippen molar-refractivity contribution in [3.8, 4) is 5.75 Å². The molecule has 0 fully saturated rings. The van der Waals surface area contributed by atoms with E-state index in [0.717, 1.165) is 21.5 Å². The Bertz CT molecular complexity index is 720. The van der Waals surface area contributed by atoms with E-state index < -0.39 is 0 Å². The second-order valence-electron chi connectivity index (χ2n) is 4.77. The lowest BCUT2D eigenvalue weighted by Crippen LogP contribution is -2.26. The summed E-state index contributed by atoms with van der Waals surface area (Å²) < 4.78 is 6.15. The van der Waals surface area contributed by atoms with Crippen molar-refractivity contribution in [1.29, 1.82) is 0 Å². The largest absolute Gasteiger partial charge is 0.494 e. The molecule has 0 aromatic heterocycles. The summed E-state index contributed by atoms with van der Waals surface area (Å²) >= 11 is 9.25. The number of ether oxygens (including phenoxy) is 1. The van der Waals surface area contributed by atoms with Gasteiger partial charge in [-0.1, -0.05) is 11.6 Å². The average Bonchev–Trinajstić information content (AvgIpc) is 2.56. The van der Waals surface area contributed by atoms with Gasteiger partial charge >= 0.3 is 0 Å². The number of hydrazone groups is 1. The van der Waals surface area contributed by atoms with Crippen LogP contribution in [0.25, 0.3) is 0 Å². The predicted molar refractivity (Wildman–Crippen MR) is 101 cm³/mol. The Morgan fingerprint density at radius 2 is 2.04 bits per heavy atom. The van der Waals surface area contributed by atoms with Gasteiger partial charge in [-0.2, -0.15) is 5.10 Å². The third kappa shape index (κ3) is 5.86. The molecule has 0 aliphatic carbocycles. The van der Waals surface area contributed by atoms with Crippen molar-refractivity contribution in [3.05, 3.63) is 57.5 Å². The van der Waals surface area contributed by atoms with Crippen molar-refractivity contribution in [3.63, 3.8) is 0 Å². The quantitative estimate of drug-likeness (QED) is 0.534. The number of nitrogens with one attached hydrogen (secondary N) is 2. The molecule has 0 spiro atoms. The number of halogens is 2. The molecule has 2 aromatic rings. The maximum Gasteiger partial charge on any atom is 0.259 e. The molecule has 0 atom stereocenters. The molecule has 0 unspecified atom stereocenters. The first-order chi connectivity index (χ1) is 11.6. The van der Waals surface area contributed by atoms with Crippen LogP contribution in [-0.4, -0.2) is 25.3 Å². The Labute approximate surface area is 154 Å². The SMILES string of the molecule is CCOc1ccc(/C=N/NC(=O)CNc2ccc(Cl)cc2Br)cc1. The van der Waals surface area contributed by atoms with Crippen molar-refractivity contribution in [2.45, 2.75) is 6.92 Å². The summed E-state index contributed by atoms with van der Waals surface area (Å²) in [5.74, 6) is 0.551. The normalized spacial score (nSPS) is 10.6. The zero-order valence-electron chi connectivity index (χ0n) is 13.1. The third-order valence-electron chi connectivity index (χ3n) is 2.96.